The molecule has 116 valence electrons. The summed E-state index contributed by atoms with van der Waals surface area (Å²) in [7, 11) is 0. The third-order valence-corrected chi connectivity index (χ3v) is 4.03. The predicted octanol–water partition coefficient (Wildman–Crippen LogP) is 3.17. The second kappa shape index (κ2) is 7.43. The van der Waals surface area contributed by atoms with Crippen molar-refractivity contribution in [1.82, 2.24) is 10.6 Å². The van der Waals surface area contributed by atoms with Crippen LogP contribution in [0.5, 0.6) is 0 Å². The summed E-state index contributed by atoms with van der Waals surface area (Å²) in [5.74, 6) is 0.282. The molecule has 1 unspecified atom stereocenters. The molecule has 0 radical (unpaired) electrons. The summed E-state index contributed by atoms with van der Waals surface area (Å²) < 4.78 is 0. The van der Waals surface area contributed by atoms with Gasteiger partial charge in [0.05, 0.1) is 12.0 Å². The van der Waals surface area contributed by atoms with Crippen LogP contribution in [-0.4, -0.2) is 19.0 Å². The van der Waals surface area contributed by atoms with Gasteiger partial charge in [0.25, 0.3) is 0 Å². The van der Waals surface area contributed by atoms with Crippen molar-refractivity contribution in [2.24, 2.45) is 5.92 Å². The van der Waals surface area contributed by atoms with Crippen molar-refractivity contribution in [1.29, 1.82) is 0 Å². The molecule has 1 aliphatic heterocycles. The quantitative estimate of drug-likeness (QED) is 0.909. The standard InChI is InChI=1S/C18H20N2O.ClH/c1-13(20-18(21)17-11-19-12-17)14-7-9-16(10-8-14)15-5-3-2-4-6-15;/h2-10,13,17,19H,11-12H2,1H3,(H,20,21);1H. The summed E-state index contributed by atoms with van der Waals surface area (Å²) in [6, 6.07) is 18.7. The van der Waals surface area contributed by atoms with Gasteiger partial charge in [0, 0.05) is 13.1 Å². The topological polar surface area (TPSA) is 41.1 Å². The molecule has 0 spiro atoms. The molecule has 0 saturated carbocycles. The van der Waals surface area contributed by atoms with Crippen molar-refractivity contribution in [2.75, 3.05) is 13.1 Å². The Labute approximate surface area is 137 Å². The second-order valence-corrected chi connectivity index (χ2v) is 5.57. The molecule has 1 saturated heterocycles. The van der Waals surface area contributed by atoms with Crippen LogP contribution < -0.4 is 10.6 Å². The number of carbonyl (C=O) groups is 1. The van der Waals surface area contributed by atoms with E-state index in [1.54, 1.807) is 0 Å². The first-order valence-electron chi connectivity index (χ1n) is 7.40. The van der Waals surface area contributed by atoms with Gasteiger partial charge in [0.15, 0.2) is 0 Å². The third-order valence-electron chi connectivity index (χ3n) is 4.03. The minimum Gasteiger partial charge on any atom is -0.349 e. The molecule has 2 aromatic rings. The van der Waals surface area contributed by atoms with E-state index >= 15 is 0 Å². The molecule has 1 amide bonds. The zero-order chi connectivity index (χ0) is 14.7. The SMILES string of the molecule is CC(NC(=O)C1CNC1)c1ccc(-c2ccccc2)cc1.Cl. The summed E-state index contributed by atoms with van der Waals surface area (Å²) in [4.78, 5) is 11.9. The summed E-state index contributed by atoms with van der Waals surface area (Å²) >= 11 is 0. The lowest BCUT2D eigenvalue weighted by molar-refractivity contribution is -0.127. The van der Waals surface area contributed by atoms with Gasteiger partial charge in [-0.1, -0.05) is 54.6 Å². The minimum atomic E-state index is 0. The molecule has 4 heteroatoms. The Morgan fingerprint density at radius 3 is 2.18 bits per heavy atom. The number of benzene rings is 2. The summed E-state index contributed by atoms with van der Waals surface area (Å²) in [6.45, 7) is 3.62. The Balaban J connectivity index is 0.00000176. The van der Waals surface area contributed by atoms with E-state index in [-0.39, 0.29) is 30.3 Å². The highest BCUT2D eigenvalue weighted by Crippen LogP contribution is 2.22. The van der Waals surface area contributed by atoms with Crippen molar-refractivity contribution >= 4 is 18.3 Å². The van der Waals surface area contributed by atoms with Gasteiger partial charge in [-0.15, -0.1) is 12.4 Å². The van der Waals surface area contributed by atoms with E-state index in [2.05, 4.69) is 47.0 Å². The molecule has 0 bridgehead atoms. The molecule has 0 aliphatic carbocycles. The molecule has 2 N–H and O–H groups in total. The number of carbonyl (C=O) groups excluding carboxylic acids is 1. The molecule has 1 heterocycles. The highest BCUT2D eigenvalue weighted by Gasteiger charge is 2.25. The van der Waals surface area contributed by atoms with E-state index in [0.29, 0.717) is 0 Å². The van der Waals surface area contributed by atoms with Crippen LogP contribution in [-0.2, 0) is 4.79 Å². The van der Waals surface area contributed by atoms with Crippen LogP contribution in [0.3, 0.4) is 0 Å². The average Bonchev–Trinajstić information content (AvgIpc) is 2.46. The Morgan fingerprint density at radius 2 is 1.64 bits per heavy atom. The molecule has 1 fully saturated rings. The smallest absolute Gasteiger partial charge is 0.226 e. The average molecular weight is 317 g/mol. The molecule has 3 nitrogen and oxygen atoms in total. The molecule has 1 atom stereocenters. The van der Waals surface area contributed by atoms with Crippen molar-refractivity contribution < 1.29 is 4.79 Å². The number of rotatable bonds is 4. The van der Waals surface area contributed by atoms with Crippen molar-refractivity contribution in [3.8, 4) is 11.1 Å². The zero-order valence-corrected chi connectivity index (χ0v) is 13.4. The maximum Gasteiger partial charge on any atom is 0.226 e. The fourth-order valence-corrected chi connectivity index (χ4v) is 2.48. The molecular formula is C18H21ClN2O. The van der Waals surface area contributed by atoms with Gasteiger partial charge in [-0.2, -0.15) is 0 Å². The molecule has 22 heavy (non-hydrogen) atoms. The number of amides is 1. The minimum absolute atomic E-state index is 0. The van der Waals surface area contributed by atoms with Gasteiger partial charge in [0.2, 0.25) is 5.91 Å². The monoisotopic (exact) mass is 316 g/mol. The van der Waals surface area contributed by atoms with E-state index < -0.39 is 0 Å². The zero-order valence-electron chi connectivity index (χ0n) is 12.6. The lowest BCUT2D eigenvalue weighted by Gasteiger charge is -2.27. The third kappa shape index (κ3) is 3.67. The van der Waals surface area contributed by atoms with Crippen LogP contribution in [0.2, 0.25) is 0 Å². The van der Waals surface area contributed by atoms with Crippen LogP contribution in [0.25, 0.3) is 11.1 Å². The first-order chi connectivity index (χ1) is 10.2. The number of halogens is 1. The fraction of sp³-hybridized carbons (Fsp3) is 0.278. The molecular weight excluding hydrogens is 296 g/mol. The number of hydrogen-bond donors (Lipinski definition) is 2. The van der Waals surface area contributed by atoms with Crippen LogP contribution >= 0.6 is 12.4 Å². The van der Waals surface area contributed by atoms with Crippen LogP contribution in [0.15, 0.2) is 54.6 Å². The van der Waals surface area contributed by atoms with Crippen LogP contribution in [0.4, 0.5) is 0 Å². The maximum absolute atomic E-state index is 11.9. The molecule has 2 aromatic carbocycles. The predicted molar refractivity (Wildman–Crippen MR) is 92.0 cm³/mol. The highest BCUT2D eigenvalue weighted by molar-refractivity contribution is 5.85. The van der Waals surface area contributed by atoms with Gasteiger partial charge >= 0.3 is 0 Å². The van der Waals surface area contributed by atoms with E-state index in [0.717, 1.165) is 18.7 Å². The number of nitrogens with one attached hydrogen (secondary N) is 2. The van der Waals surface area contributed by atoms with Crippen molar-refractivity contribution in [2.45, 2.75) is 13.0 Å². The van der Waals surface area contributed by atoms with Crippen LogP contribution in [0, 0.1) is 5.92 Å². The van der Waals surface area contributed by atoms with E-state index in [9.17, 15) is 4.79 Å². The number of hydrogen-bond acceptors (Lipinski definition) is 2. The van der Waals surface area contributed by atoms with Crippen LogP contribution in [0.1, 0.15) is 18.5 Å². The molecule has 0 aromatic heterocycles. The Hall–Kier alpha value is -1.84. The van der Waals surface area contributed by atoms with Gasteiger partial charge in [-0.25, -0.2) is 0 Å². The Bertz CT molecular complexity index is 609. The van der Waals surface area contributed by atoms with E-state index in [4.69, 9.17) is 0 Å². The fourth-order valence-electron chi connectivity index (χ4n) is 2.48. The normalized spacial score (nSPS) is 15.3. The Morgan fingerprint density at radius 1 is 1.05 bits per heavy atom. The first kappa shape index (κ1) is 16.5. The van der Waals surface area contributed by atoms with Gasteiger partial charge in [-0.05, 0) is 23.6 Å². The van der Waals surface area contributed by atoms with Gasteiger partial charge < -0.3 is 10.6 Å². The summed E-state index contributed by atoms with van der Waals surface area (Å²) in [5.41, 5.74) is 3.54. The van der Waals surface area contributed by atoms with Crippen molar-refractivity contribution in [3.05, 3.63) is 60.2 Å². The largest absolute Gasteiger partial charge is 0.349 e. The lowest BCUT2D eigenvalue weighted by Crippen LogP contribution is -2.51. The Kier molecular flexibility index (Phi) is 5.58. The van der Waals surface area contributed by atoms with Crippen molar-refractivity contribution in [3.63, 3.8) is 0 Å². The maximum atomic E-state index is 11.9. The second-order valence-electron chi connectivity index (χ2n) is 5.57. The van der Waals surface area contributed by atoms with Gasteiger partial charge in [-0.3, -0.25) is 4.79 Å². The first-order valence-corrected chi connectivity index (χ1v) is 7.40. The summed E-state index contributed by atoms with van der Waals surface area (Å²) in [5, 5.41) is 6.20. The lowest BCUT2D eigenvalue weighted by atomic mass is 9.99. The highest BCUT2D eigenvalue weighted by atomic mass is 35.5. The molecule has 3 rings (SSSR count). The summed E-state index contributed by atoms with van der Waals surface area (Å²) in [6.07, 6.45) is 0. The van der Waals surface area contributed by atoms with Gasteiger partial charge in [0.1, 0.15) is 0 Å². The van der Waals surface area contributed by atoms with E-state index in [1.807, 2.05) is 25.1 Å². The molecule has 1 aliphatic rings. The van der Waals surface area contributed by atoms with E-state index in [1.165, 1.54) is 11.1 Å².